The summed E-state index contributed by atoms with van der Waals surface area (Å²) >= 11 is 0. The predicted molar refractivity (Wildman–Crippen MR) is 277 cm³/mol. The zero-order chi connectivity index (χ0) is 52.1. The first kappa shape index (κ1) is 53.7. The number of hydrogen-bond acceptors (Lipinski definition) is 15. The molecule has 4 aliphatic rings. The van der Waals surface area contributed by atoms with Gasteiger partial charge >= 0.3 is 12.2 Å². The van der Waals surface area contributed by atoms with Crippen molar-refractivity contribution in [1.29, 1.82) is 0 Å². The first-order valence-corrected chi connectivity index (χ1v) is 27.0. The van der Waals surface area contributed by atoms with E-state index in [9.17, 15) is 28.2 Å². The quantitative estimate of drug-likeness (QED) is 0.0692. The van der Waals surface area contributed by atoms with E-state index in [4.69, 9.17) is 36.1 Å². The summed E-state index contributed by atoms with van der Waals surface area (Å²) in [6.45, 7) is 14.6. The van der Waals surface area contributed by atoms with Gasteiger partial charge in [-0.15, -0.1) is 0 Å². The molecule has 0 bridgehead atoms. The third-order valence-electron chi connectivity index (χ3n) is 13.0. The monoisotopic (exact) mass is 1010 g/mol. The summed E-state index contributed by atoms with van der Waals surface area (Å²) in [6.07, 6.45) is 8.21. The molecule has 2 aromatic heterocycles. The lowest BCUT2D eigenvalue weighted by molar-refractivity contribution is 0.0188. The Morgan fingerprint density at radius 3 is 1.50 bits per heavy atom. The van der Waals surface area contributed by atoms with Crippen molar-refractivity contribution >= 4 is 33.8 Å². The summed E-state index contributed by atoms with van der Waals surface area (Å²) in [5.74, 6) is 2.67. The minimum Gasteiger partial charge on any atom is -0.507 e. The molecule has 2 atom stereocenters. The minimum absolute atomic E-state index is 0.0113. The molecule has 2 aliphatic heterocycles. The average molecular weight is 1020 g/mol. The standard InChI is InChI=1S/C27H38N4O6S.C26H36N4O4/c1-27(2,3)37-26(33)31-12-6-7-18(15-31)19-13-21(30-25(28)20(19)14-29-38(4,34)35)24-22(32)8-5-9-23(24)36-16-17-10-11-17;1-26(2,3)34-25(32)30-11-5-6-17(14-30)18-12-20(29-24(28)19(18)13-27)23-21(31)7-4-8-22(23)33-15-16-9-10-16/h5,8-9,13,17-18,29,32H,6-7,10-12,14-16H2,1-4H3,(H2,28,30);4,7-8,12,16-17,31H,5-6,9-11,13-15,27H2,1-3H3,(H2,28,29). The maximum atomic E-state index is 12.8. The summed E-state index contributed by atoms with van der Waals surface area (Å²) in [6, 6.07) is 14.1. The minimum atomic E-state index is -3.49. The highest BCUT2D eigenvalue weighted by molar-refractivity contribution is 7.88. The van der Waals surface area contributed by atoms with Crippen molar-refractivity contribution < 1.29 is 47.2 Å². The summed E-state index contributed by atoms with van der Waals surface area (Å²) in [5.41, 5.74) is 22.7. The number of sulfonamides is 1. The predicted octanol–water partition coefficient (Wildman–Crippen LogP) is 8.39. The molecule has 4 heterocycles. The van der Waals surface area contributed by atoms with Crippen LogP contribution < -0.4 is 31.4 Å². The van der Waals surface area contributed by atoms with Crippen LogP contribution in [0.4, 0.5) is 21.2 Å². The molecule has 2 unspecified atom stereocenters. The van der Waals surface area contributed by atoms with Gasteiger partial charge in [-0.1, -0.05) is 12.1 Å². The van der Waals surface area contributed by atoms with Crippen molar-refractivity contribution in [2.45, 2.75) is 129 Å². The number of nitrogen functional groups attached to an aromatic ring is 2. The Balaban J connectivity index is 0.000000213. The normalized spacial score (nSPS) is 18.4. The number of likely N-dealkylation sites (tertiary alicyclic amines) is 2. The summed E-state index contributed by atoms with van der Waals surface area (Å²) < 4.78 is 49.6. The number of pyridine rings is 2. The molecule has 19 heteroatoms. The third-order valence-corrected chi connectivity index (χ3v) is 13.7. The molecule has 0 radical (unpaired) electrons. The highest BCUT2D eigenvalue weighted by atomic mass is 32.2. The molecule has 0 spiro atoms. The second-order valence-corrected chi connectivity index (χ2v) is 23.4. The van der Waals surface area contributed by atoms with Crippen LogP contribution in [0.1, 0.15) is 127 Å². The van der Waals surface area contributed by atoms with E-state index in [1.54, 1.807) is 40.1 Å². The lowest BCUT2D eigenvalue weighted by Crippen LogP contribution is -2.42. The number of rotatable bonds is 14. The molecule has 72 heavy (non-hydrogen) atoms. The van der Waals surface area contributed by atoms with Crippen LogP contribution in [-0.4, -0.2) is 107 Å². The van der Waals surface area contributed by atoms with E-state index in [0.29, 0.717) is 96.6 Å². The SMILES string of the molecule is CC(C)(C)OC(=O)N1CCCC(c2cc(-c3c(O)cccc3OCC3CC3)nc(N)c2CN)C1.CC(C)(C)OC(=O)N1CCCC(c2cc(-c3c(O)cccc3OCC3CC3)nc(N)c2CNS(C)(=O)=O)C1. The molecule has 2 saturated carbocycles. The zero-order valence-corrected chi connectivity index (χ0v) is 43.6. The van der Waals surface area contributed by atoms with Crippen LogP contribution in [0.5, 0.6) is 23.0 Å². The van der Waals surface area contributed by atoms with E-state index >= 15 is 0 Å². The summed E-state index contributed by atoms with van der Waals surface area (Å²) in [7, 11) is -3.49. The van der Waals surface area contributed by atoms with Crippen LogP contribution in [0.25, 0.3) is 22.5 Å². The Kier molecular flexibility index (Phi) is 16.7. The summed E-state index contributed by atoms with van der Waals surface area (Å²) in [4.78, 5) is 38.1. The number of carbonyl (C=O) groups excluding carboxylic acids is 2. The third kappa shape index (κ3) is 14.6. The molecule has 8 rings (SSSR count). The van der Waals surface area contributed by atoms with Crippen LogP contribution in [0, 0.1) is 11.8 Å². The van der Waals surface area contributed by atoms with E-state index in [2.05, 4.69) is 14.7 Å². The number of benzene rings is 2. The van der Waals surface area contributed by atoms with Gasteiger partial charge < -0.3 is 56.2 Å². The van der Waals surface area contributed by atoms with Crippen LogP contribution in [-0.2, 0) is 32.6 Å². The number of nitrogens with two attached hydrogens (primary N) is 3. The number of hydrogen-bond donors (Lipinski definition) is 6. The van der Waals surface area contributed by atoms with Gasteiger partial charge in [0.25, 0.3) is 0 Å². The van der Waals surface area contributed by atoms with Gasteiger partial charge in [-0.05, 0) is 152 Å². The number of anilines is 2. The van der Waals surface area contributed by atoms with Gasteiger partial charge in [0.15, 0.2) is 0 Å². The highest BCUT2D eigenvalue weighted by Gasteiger charge is 2.34. The number of carbonyl (C=O) groups is 2. The average Bonchev–Trinajstić information content (AvgIpc) is 4.25. The highest BCUT2D eigenvalue weighted by Crippen LogP contribution is 2.44. The molecule has 4 fully saturated rings. The fourth-order valence-corrected chi connectivity index (χ4v) is 9.46. The number of aromatic hydroxyl groups is 2. The maximum absolute atomic E-state index is 12.8. The van der Waals surface area contributed by atoms with Crippen LogP contribution >= 0.6 is 0 Å². The van der Waals surface area contributed by atoms with Crippen LogP contribution in [0.2, 0.25) is 0 Å². The number of ether oxygens (including phenoxy) is 4. The Hall–Kier alpha value is -6.05. The molecule has 2 saturated heterocycles. The van der Waals surface area contributed by atoms with Gasteiger partial charge in [-0.3, -0.25) is 0 Å². The first-order chi connectivity index (χ1) is 34.0. The summed E-state index contributed by atoms with van der Waals surface area (Å²) in [5, 5.41) is 21.5. The van der Waals surface area contributed by atoms with Gasteiger partial charge in [-0.25, -0.2) is 32.7 Å². The zero-order valence-electron chi connectivity index (χ0n) is 42.8. The lowest BCUT2D eigenvalue weighted by atomic mass is 9.87. The fourth-order valence-electron chi connectivity index (χ4n) is 9.05. The second-order valence-electron chi connectivity index (χ2n) is 21.6. The molecular weight excluding hydrogens is 941 g/mol. The largest absolute Gasteiger partial charge is 0.507 e. The van der Waals surface area contributed by atoms with Gasteiger partial charge in [0.05, 0.1) is 42.0 Å². The van der Waals surface area contributed by atoms with Crippen molar-refractivity contribution in [3.8, 4) is 45.5 Å². The van der Waals surface area contributed by atoms with Crippen LogP contribution in [0.3, 0.4) is 0 Å². The Bertz CT molecular complexity index is 2700. The molecule has 9 N–H and O–H groups in total. The number of amides is 2. The van der Waals surface area contributed by atoms with Crippen molar-refractivity contribution in [1.82, 2.24) is 24.5 Å². The number of aromatic nitrogens is 2. The van der Waals surface area contributed by atoms with E-state index in [1.165, 1.54) is 12.8 Å². The van der Waals surface area contributed by atoms with Crippen molar-refractivity contribution in [2.75, 3.05) is 57.1 Å². The van der Waals surface area contributed by atoms with Gasteiger partial charge in [-0.2, -0.15) is 0 Å². The van der Waals surface area contributed by atoms with Gasteiger partial charge in [0.2, 0.25) is 10.0 Å². The number of nitrogens with zero attached hydrogens (tertiary/aromatic N) is 4. The van der Waals surface area contributed by atoms with E-state index in [1.807, 2.05) is 59.7 Å². The molecule has 18 nitrogen and oxygen atoms in total. The number of nitrogens with one attached hydrogen (secondary N) is 1. The Morgan fingerprint density at radius 1 is 0.694 bits per heavy atom. The Morgan fingerprint density at radius 2 is 1.11 bits per heavy atom. The molecule has 2 amide bonds. The topological polar surface area (TPSA) is 268 Å². The lowest BCUT2D eigenvalue weighted by Gasteiger charge is -2.35. The van der Waals surface area contributed by atoms with Crippen LogP contribution in [0.15, 0.2) is 48.5 Å². The van der Waals surface area contributed by atoms with Crippen molar-refractivity contribution in [3.05, 3.63) is 70.8 Å². The van der Waals surface area contributed by atoms with Crippen molar-refractivity contribution in [2.24, 2.45) is 17.6 Å². The molecule has 2 aliphatic carbocycles. The fraction of sp³-hybridized carbons (Fsp3) is 0.547. The molecule has 392 valence electrons. The van der Waals surface area contributed by atoms with E-state index in [0.717, 1.165) is 61.5 Å². The Labute approximate surface area is 424 Å². The molecule has 4 aromatic rings. The van der Waals surface area contributed by atoms with Crippen molar-refractivity contribution in [3.63, 3.8) is 0 Å². The first-order valence-electron chi connectivity index (χ1n) is 25.1. The maximum Gasteiger partial charge on any atom is 0.410 e. The number of piperidine rings is 2. The van der Waals surface area contributed by atoms with E-state index in [-0.39, 0.29) is 48.3 Å². The second kappa shape index (κ2) is 22.4. The molecular formula is C53H74N8O10S. The smallest absolute Gasteiger partial charge is 0.410 e. The number of phenols is 2. The molecule has 2 aromatic carbocycles. The van der Waals surface area contributed by atoms with Gasteiger partial charge in [0, 0.05) is 62.2 Å². The number of phenolic OH excluding ortho intramolecular Hbond substituents is 2. The van der Waals surface area contributed by atoms with E-state index < -0.39 is 27.3 Å². The van der Waals surface area contributed by atoms with Gasteiger partial charge in [0.1, 0.15) is 45.8 Å².